The molecule has 2 aromatic rings. The standard InChI is InChI=1S/C24H23F3N4OS/c1-23(2)21(32)30(19-8-5-17(14-28)20(13-19)24(25,26)27)22(33)31(23)18-6-3-15(4-7-18)16-9-11-29-12-10-16/h3-8,13,16,29H,9-12H2,1-2H3. The number of alkyl halides is 3. The maximum absolute atomic E-state index is 13.5. The summed E-state index contributed by atoms with van der Waals surface area (Å²) in [4.78, 5) is 16.1. The van der Waals surface area contributed by atoms with Crippen molar-refractivity contribution in [2.24, 2.45) is 0 Å². The Kier molecular flexibility index (Phi) is 5.93. The third kappa shape index (κ3) is 4.09. The second-order valence-corrected chi connectivity index (χ2v) is 9.14. The third-order valence-electron chi connectivity index (χ3n) is 6.32. The molecular formula is C24H23F3N4OS. The first-order valence-corrected chi connectivity index (χ1v) is 11.1. The average Bonchev–Trinajstić information content (AvgIpc) is 2.97. The fraction of sp³-hybridized carbons (Fsp3) is 0.375. The molecule has 1 amide bonds. The summed E-state index contributed by atoms with van der Waals surface area (Å²) >= 11 is 5.58. The van der Waals surface area contributed by atoms with Gasteiger partial charge in [-0.25, -0.2) is 0 Å². The molecule has 172 valence electrons. The van der Waals surface area contributed by atoms with Crippen LogP contribution in [0.3, 0.4) is 0 Å². The molecule has 33 heavy (non-hydrogen) atoms. The number of anilines is 2. The van der Waals surface area contributed by atoms with Crippen LogP contribution in [0.2, 0.25) is 0 Å². The minimum atomic E-state index is -4.73. The number of piperidine rings is 1. The molecule has 2 heterocycles. The van der Waals surface area contributed by atoms with E-state index in [1.54, 1.807) is 24.8 Å². The highest BCUT2D eigenvalue weighted by molar-refractivity contribution is 7.81. The van der Waals surface area contributed by atoms with Crippen LogP contribution in [0.4, 0.5) is 24.5 Å². The number of amides is 1. The van der Waals surface area contributed by atoms with Crippen molar-refractivity contribution in [2.45, 2.75) is 44.3 Å². The van der Waals surface area contributed by atoms with E-state index in [1.807, 2.05) is 24.3 Å². The van der Waals surface area contributed by atoms with E-state index in [4.69, 9.17) is 17.5 Å². The van der Waals surface area contributed by atoms with E-state index in [1.165, 1.54) is 11.6 Å². The molecule has 2 aliphatic rings. The third-order valence-corrected chi connectivity index (χ3v) is 6.68. The van der Waals surface area contributed by atoms with E-state index in [2.05, 4.69) is 5.32 Å². The van der Waals surface area contributed by atoms with Gasteiger partial charge < -0.3 is 10.2 Å². The lowest BCUT2D eigenvalue weighted by molar-refractivity contribution is -0.137. The number of nitrogens with one attached hydrogen (secondary N) is 1. The zero-order valence-electron chi connectivity index (χ0n) is 18.2. The summed E-state index contributed by atoms with van der Waals surface area (Å²) in [6.07, 6.45) is -2.62. The Morgan fingerprint density at radius 1 is 1.09 bits per heavy atom. The van der Waals surface area contributed by atoms with Gasteiger partial charge in [0.05, 0.1) is 22.9 Å². The van der Waals surface area contributed by atoms with Crippen molar-refractivity contribution in [2.75, 3.05) is 22.9 Å². The van der Waals surface area contributed by atoms with Crippen molar-refractivity contribution >= 4 is 34.6 Å². The summed E-state index contributed by atoms with van der Waals surface area (Å²) in [7, 11) is 0. The normalized spacial score (nSPS) is 19.2. The van der Waals surface area contributed by atoms with Gasteiger partial charge in [0.1, 0.15) is 5.54 Å². The molecule has 0 unspecified atom stereocenters. The van der Waals surface area contributed by atoms with Crippen LogP contribution < -0.4 is 15.1 Å². The van der Waals surface area contributed by atoms with E-state index in [0.29, 0.717) is 11.6 Å². The van der Waals surface area contributed by atoms with Gasteiger partial charge >= 0.3 is 6.18 Å². The minimum absolute atomic E-state index is 0.0155. The molecule has 5 nitrogen and oxygen atoms in total. The van der Waals surface area contributed by atoms with E-state index >= 15 is 0 Å². The molecule has 0 bridgehead atoms. The van der Waals surface area contributed by atoms with Crippen LogP contribution in [-0.2, 0) is 11.0 Å². The number of halogens is 3. The number of benzene rings is 2. The van der Waals surface area contributed by atoms with E-state index < -0.39 is 28.7 Å². The molecule has 9 heteroatoms. The van der Waals surface area contributed by atoms with Crippen molar-refractivity contribution in [1.29, 1.82) is 5.26 Å². The maximum atomic E-state index is 13.5. The number of nitrogens with zero attached hydrogens (tertiary/aromatic N) is 3. The van der Waals surface area contributed by atoms with Gasteiger partial charge in [-0.3, -0.25) is 9.69 Å². The minimum Gasteiger partial charge on any atom is -0.317 e. The zero-order chi connectivity index (χ0) is 24.0. The first kappa shape index (κ1) is 23.2. The highest BCUT2D eigenvalue weighted by Gasteiger charge is 2.50. The number of carbonyl (C=O) groups excluding carboxylic acids is 1. The number of hydrogen-bond donors (Lipinski definition) is 1. The fourth-order valence-electron chi connectivity index (χ4n) is 4.51. The van der Waals surface area contributed by atoms with Gasteiger partial charge in [-0.2, -0.15) is 18.4 Å². The van der Waals surface area contributed by atoms with Crippen LogP contribution in [0.5, 0.6) is 0 Å². The van der Waals surface area contributed by atoms with Gasteiger partial charge in [-0.05, 0) is 93.8 Å². The van der Waals surface area contributed by atoms with Crippen molar-refractivity contribution in [3.63, 3.8) is 0 Å². The Morgan fingerprint density at radius 2 is 1.70 bits per heavy atom. The summed E-state index contributed by atoms with van der Waals surface area (Å²) in [5, 5.41) is 12.5. The Bertz CT molecular complexity index is 1130. The average molecular weight is 473 g/mol. The molecule has 4 rings (SSSR count). The van der Waals surface area contributed by atoms with Crippen LogP contribution >= 0.6 is 12.2 Å². The second-order valence-electron chi connectivity index (χ2n) is 8.77. The largest absolute Gasteiger partial charge is 0.417 e. The summed E-state index contributed by atoms with van der Waals surface area (Å²) in [5.74, 6) is 0.0316. The molecule has 2 aromatic carbocycles. The van der Waals surface area contributed by atoms with Crippen LogP contribution in [-0.4, -0.2) is 29.6 Å². The van der Waals surface area contributed by atoms with Gasteiger partial charge in [-0.1, -0.05) is 12.1 Å². The van der Waals surface area contributed by atoms with Crippen LogP contribution in [0.15, 0.2) is 42.5 Å². The highest BCUT2D eigenvalue weighted by Crippen LogP contribution is 2.40. The van der Waals surface area contributed by atoms with E-state index in [-0.39, 0.29) is 10.8 Å². The van der Waals surface area contributed by atoms with Crippen molar-refractivity contribution < 1.29 is 18.0 Å². The predicted octanol–water partition coefficient (Wildman–Crippen LogP) is 4.96. The molecule has 0 spiro atoms. The van der Waals surface area contributed by atoms with Gasteiger partial charge in [-0.15, -0.1) is 0 Å². The number of nitriles is 1. The molecular weight excluding hydrogens is 449 g/mol. The van der Waals surface area contributed by atoms with Gasteiger partial charge in [0.25, 0.3) is 5.91 Å². The Balaban J connectivity index is 1.69. The van der Waals surface area contributed by atoms with Crippen molar-refractivity contribution in [3.05, 3.63) is 59.2 Å². The van der Waals surface area contributed by atoms with Crippen molar-refractivity contribution in [1.82, 2.24) is 5.32 Å². The number of carbonyl (C=O) groups is 1. The zero-order valence-corrected chi connectivity index (χ0v) is 19.1. The Labute approximate surface area is 195 Å². The van der Waals surface area contributed by atoms with Crippen LogP contribution in [0, 0.1) is 11.3 Å². The number of hydrogen-bond acceptors (Lipinski definition) is 4. The first-order valence-electron chi connectivity index (χ1n) is 10.7. The molecule has 0 radical (unpaired) electrons. The summed E-state index contributed by atoms with van der Waals surface area (Å²) < 4.78 is 40.4. The van der Waals surface area contributed by atoms with E-state index in [0.717, 1.165) is 43.0 Å². The molecule has 0 saturated carbocycles. The summed E-state index contributed by atoms with van der Waals surface area (Å²) in [6, 6.07) is 12.6. The molecule has 2 fully saturated rings. The highest BCUT2D eigenvalue weighted by atomic mass is 32.1. The predicted molar refractivity (Wildman–Crippen MR) is 124 cm³/mol. The van der Waals surface area contributed by atoms with Gasteiger partial charge in [0.2, 0.25) is 0 Å². The summed E-state index contributed by atoms with van der Waals surface area (Å²) in [6.45, 7) is 5.33. The second kappa shape index (κ2) is 8.43. The fourth-order valence-corrected chi connectivity index (χ4v) is 5.03. The molecule has 0 aromatic heterocycles. The lowest BCUT2D eigenvalue weighted by Crippen LogP contribution is -2.44. The van der Waals surface area contributed by atoms with Gasteiger partial charge in [0, 0.05) is 5.69 Å². The van der Waals surface area contributed by atoms with Crippen LogP contribution in [0.1, 0.15) is 49.3 Å². The SMILES string of the molecule is CC1(C)C(=O)N(c2ccc(C#N)c(C(F)(F)F)c2)C(=S)N1c1ccc(C2CCNCC2)cc1. The lowest BCUT2D eigenvalue weighted by Gasteiger charge is -2.30. The molecule has 2 aliphatic heterocycles. The van der Waals surface area contributed by atoms with Gasteiger partial charge in [0.15, 0.2) is 5.11 Å². The molecule has 2 saturated heterocycles. The first-order chi connectivity index (χ1) is 15.6. The number of rotatable bonds is 3. The lowest BCUT2D eigenvalue weighted by atomic mass is 9.90. The van der Waals surface area contributed by atoms with Crippen LogP contribution in [0.25, 0.3) is 0 Å². The van der Waals surface area contributed by atoms with Crippen molar-refractivity contribution in [3.8, 4) is 6.07 Å². The monoisotopic (exact) mass is 472 g/mol. The summed E-state index contributed by atoms with van der Waals surface area (Å²) in [5.41, 5.74) is -0.802. The Morgan fingerprint density at radius 3 is 2.27 bits per heavy atom. The topological polar surface area (TPSA) is 59.4 Å². The quantitative estimate of drug-likeness (QED) is 0.640. The molecule has 1 N–H and O–H groups in total. The number of thiocarbonyl (C=S) groups is 1. The smallest absolute Gasteiger partial charge is 0.317 e. The maximum Gasteiger partial charge on any atom is 0.417 e. The van der Waals surface area contributed by atoms with E-state index in [9.17, 15) is 18.0 Å². The molecule has 0 aliphatic carbocycles. The molecule has 0 atom stereocenters. The Hall–Kier alpha value is -2.96.